The van der Waals surface area contributed by atoms with E-state index >= 15 is 0 Å². The van der Waals surface area contributed by atoms with Crippen LogP contribution in [0, 0.1) is 23.2 Å². The minimum Gasteiger partial charge on any atom is -0.392 e. The summed E-state index contributed by atoms with van der Waals surface area (Å²) in [7, 11) is 0. The number of hydrogen-bond acceptors (Lipinski definition) is 3. The predicted molar refractivity (Wildman–Crippen MR) is 64.8 cm³/mol. The summed E-state index contributed by atoms with van der Waals surface area (Å²) < 4.78 is 0. The van der Waals surface area contributed by atoms with Crippen molar-refractivity contribution in [1.29, 1.82) is 5.26 Å². The van der Waals surface area contributed by atoms with Crippen LogP contribution in [0.4, 0.5) is 0 Å². The van der Waals surface area contributed by atoms with Gasteiger partial charge in [-0.1, -0.05) is 33.1 Å². The smallest absolute Gasteiger partial charge is 0.0687 e. The van der Waals surface area contributed by atoms with Crippen LogP contribution in [0.25, 0.3) is 0 Å². The minimum atomic E-state index is -0.303. The molecule has 0 aromatic heterocycles. The number of rotatable bonds is 4. The molecule has 0 bridgehead atoms. The van der Waals surface area contributed by atoms with Gasteiger partial charge >= 0.3 is 0 Å². The van der Waals surface area contributed by atoms with Crippen LogP contribution in [-0.2, 0) is 0 Å². The molecule has 0 amide bonds. The van der Waals surface area contributed by atoms with Crippen molar-refractivity contribution in [2.45, 2.75) is 58.1 Å². The van der Waals surface area contributed by atoms with Crippen molar-refractivity contribution in [3.05, 3.63) is 0 Å². The number of nitrogens with one attached hydrogen (secondary N) is 1. The highest BCUT2D eigenvalue weighted by molar-refractivity contribution is 4.93. The molecule has 1 saturated carbocycles. The van der Waals surface area contributed by atoms with E-state index in [9.17, 15) is 5.11 Å². The molecule has 1 aliphatic carbocycles. The SMILES string of the molecule is CC(C)C(O)CNC1CCCCCC1C#N. The van der Waals surface area contributed by atoms with Gasteiger partial charge in [0.05, 0.1) is 18.1 Å². The summed E-state index contributed by atoms with van der Waals surface area (Å²) in [5.41, 5.74) is 0. The third-order valence-electron chi connectivity index (χ3n) is 3.54. The van der Waals surface area contributed by atoms with E-state index in [0.29, 0.717) is 6.54 Å². The topological polar surface area (TPSA) is 56.0 Å². The Kier molecular flexibility index (Phi) is 5.79. The Morgan fingerprint density at radius 1 is 1.31 bits per heavy atom. The Labute approximate surface area is 98.8 Å². The van der Waals surface area contributed by atoms with Crippen LogP contribution in [0.1, 0.15) is 46.0 Å². The van der Waals surface area contributed by atoms with Crippen LogP contribution in [0.15, 0.2) is 0 Å². The molecule has 0 aromatic carbocycles. The van der Waals surface area contributed by atoms with Gasteiger partial charge in [0.1, 0.15) is 0 Å². The highest BCUT2D eigenvalue weighted by atomic mass is 16.3. The Bertz CT molecular complexity index is 235. The second-order valence-corrected chi connectivity index (χ2v) is 5.20. The normalized spacial score (nSPS) is 28.4. The van der Waals surface area contributed by atoms with Gasteiger partial charge in [0.25, 0.3) is 0 Å². The Morgan fingerprint density at radius 3 is 2.62 bits per heavy atom. The molecule has 3 unspecified atom stereocenters. The molecular formula is C13H24N2O. The molecule has 3 nitrogen and oxygen atoms in total. The summed E-state index contributed by atoms with van der Waals surface area (Å²) in [5, 5.41) is 22.2. The van der Waals surface area contributed by atoms with Crippen LogP contribution in [0.2, 0.25) is 0 Å². The summed E-state index contributed by atoms with van der Waals surface area (Å²) in [6, 6.07) is 2.68. The van der Waals surface area contributed by atoms with Crippen LogP contribution >= 0.6 is 0 Å². The summed E-state index contributed by atoms with van der Waals surface area (Å²) in [6.07, 6.45) is 5.39. The molecule has 0 spiro atoms. The Hall–Kier alpha value is -0.590. The van der Waals surface area contributed by atoms with Gasteiger partial charge in [-0.05, 0) is 18.8 Å². The number of aliphatic hydroxyl groups is 1. The van der Waals surface area contributed by atoms with Gasteiger partial charge in [0, 0.05) is 12.6 Å². The van der Waals surface area contributed by atoms with E-state index in [1.54, 1.807) is 0 Å². The van der Waals surface area contributed by atoms with E-state index in [2.05, 4.69) is 11.4 Å². The molecule has 3 atom stereocenters. The lowest BCUT2D eigenvalue weighted by atomic mass is 9.96. The van der Waals surface area contributed by atoms with E-state index < -0.39 is 0 Å². The molecule has 1 rings (SSSR count). The quantitative estimate of drug-likeness (QED) is 0.719. The summed E-state index contributed by atoms with van der Waals surface area (Å²) in [6.45, 7) is 4.64. The van der Waals surface area contributed by atoms with Crippen molar-refractivity contribution in [2.24, 2.45) is 11.8 Å². The second kappa shape index (κ2) is 6.88. The minimum absolute atomic E-state index is 0.127. The van der Waals surface area contributed by atoms with Gasteiger partial charge in [0.15, 0.2) is 0 Å². The van der Waals surface area contributed by atoms with Gasteiger partial charge in [0.2, 0.25) is 0 Å². The van der Waals surface area contributed by atoms with Crippen molar-refractivity contribution in [3.8, 4) is 6.07 Å². The number of nitrogens with zero attached hydrogens (tertiary/aromatic N) is 1. The van der Waals surface area contributed by atoms with Crippen LogP contribution in [0.3, 0.4) is 0 Å². The summed E-state index contributed by atoms with van der Waals surface area (Å²) in [5.74, 6) is 0.403. The van der Waals surface area contributed by atoms with E-state index in [4.69, 9.17) is 5.26 Å². The lowest BCUT2D eigenvalue weighted by Gasteiger charge is -2.24. The van der Waals surface area contributed by atoms with Crippen molar-refractivity contribution >= 4 is 0 Å². The van der Waals surface area contributed by atoms with Crippen LogP contribution < -0.4 is 5.32 Å². The first kappa shape index (κ1) is 13.5. The molecule has 2 N–H and O–H groups in total. The molecule has 3 heteroatoms. The zero-order valence-electron chi connectivity index (χ0n) is 10.4. The van der Waals surface area contributed by atoms with Crippen molar-refractivity contribution < 1.29 is 5.11 Å². The molecule has 0 saturated heterocycles. The first-order valence-electron chi connectivity index (χ1n) is 6.46. The molecule has 0 radical (unpaired) electrons. The van der Waals surface area contributed by atoms with Gasteiger partial charge in [-0.15, -0.1) is 0 Å². The highest BCUT2D eigenvalue weighted by Crippen LogP contribution is 2.23. The zero-order chi connectivity index (χ0) is 12.0. The van der Waals surface area contributed by atoms with Crippen LogP contribution in [0.5, 0.6) is 0 Å². The average molecular weight is 224 g/mol. The fourth-order valence-electron chi connectivity index (χ4n) is 2.21. The number of aliphatic hydroxyl groups excluding tert-OH is 1. The van der Waals surface area contributed by atoms with E-state index in [1.165, 1.54) is 19.3 Å². The number of hydrogen-bond donors (Lipinski definition) is 2. The highest BCUT2D eigenvalue weighted by Gasteiger charge is 2.23. The maximum atomic E-state index is 9.74. The monoisotopic (exact) mass is 224 g/mol. The third-order valence-corrected chi connectivity index (χ3v) is 3.54. The largest absolute Gasteiger partial charge is 0.392 e. The number of nitriles is 1. The van der Waals surface area contributed by atoms with Gasteiger partial charge < -0.3 is 10.4 Å². The zero-order valence-corrected chi connectivity index (χ0v) is 10.4. The predicted octanol–water partition coefficient (Wildman–Crippen LogP) is 2.07. The maximum absolute atomic E-state index is 9.74. The molecule has 0 aromatic rings. The van der Waals surface area contributed by atoms with Gasteiger partial charge in [-0.25, -0.2) is 0 Å². The first-order valence-corrected chi connectivity index (χ1v) is 6.46. The Balaban J connectivity index is 2.40. The average Bonchev–Trinajstić information content (AvgIpc) is 2.50. The maximum Gasteiger partial charge on any atom is 0.0687 e. The molecule has 92 valence electrons. The van der Waals surface area contributed by atoms with E-state index in [-0.39, 0.29) is 24.0 Å². The summed E-state index contributed by atoms with van der Waals surface area (Å²) in [4.78, 5) is 0. The fraction of sp³-hybridized carbons (Fsp3) is 0.923. The lowest BCUT2D eigenvalue weighted by molar-refractivity contribution is 0.117. The van der Waals surface area contributed by atoms with Gasteiger partial charge in [-0.2, -0.15) is 5.26 Å². The molecule has 1 aliphatic rings. The van der Waals surface area contributed by atoms with Crippen molar-refractivity contribution in [2.75, 3.05) is 6.54 Å². The van der Waals surface area contributed by atoms with Gasteiger partial charge in [-0.3, -0.25) is 0 Å². The van der Waals surface area contributed by atoms with E-state index in [1.807, 2.05) is 13.8 Å². The molecule has 16 heavy (non-hydrogen) atoms. The fourth-order valence-corrected chi connectivity index (χ4v) is 2.21. The van der Waals surface area contributed by atoms with Crippen molar-refractivity contribution in [1.82, 2.24) is 5.32 Å². The second-order valence-electron chi connectivity index (χ2n) is 5.20. The first-order chi connectivity index (χ1) is 7.65. The standard InChI is InChI=1S/C13H24N2O/c1-10(2)13(16)9-15-12-7-5-3-4-6-11(12)8-14/h10-13,15-16H,3-7,9H2,1-2H3. The molecular weight excluding hydrogens is 200 g/mol. The lowest BCUT2D eigenvalue weighted by Crippen LogP contribution is -2.41. The van der Waals surface area contributed by atoms with E-state index in [0.717, 1.165) is 12.8 Å². The van der Waals surface area contributed by atoms with Crippen LogP contribution in [-0.4, -0.2) is 23.8 Å². The molecule has 1 fully saturated rings. The Morgan fingerprint density at radius 2 is 2.00 bits per heavy atom. The molecule has 0 aliphatic heterocycles. The van der Waals surface area contributed by atoms with Crippen molar-refractivity contribution in [3.63, 3.8) is 0 Å². The third kappa shape index (κ3) is 4.11. The summed E-state index contributed by atoms with van der Waals surface area (Å²) >= 11 is 0. The molecule has 0 heterocycles.